The van der Waals surface area contributed by atoms with E-state index in [0.29, 0.717) is 5.92 Å². The van der Waals surface area contributed by atoms with Gasteiger partial charge in [0.05, 0.1) is 11.3 Å². The maximum Gasteiger partial charge on any atom is 0.313 e. The molecule has 2 saturated carbocycles. The molecule has 0 aliphatic heterocycles. The Labute approximate surface area is 127 Å². The highest BCUT2D eigenvalue weighted by Crippen LogP contribution is 2.59. The fraction of sp³-hybridized carbons (Fsp3) is 0.882. The lowest BCUT2D eigenvalue weighted by atomic mass is 9.74. The van der Waals surface area contributed by atoms with Crippen LogP contribution >= 0.6 is 0 Å². The molecule has 2 rings (SSSR count). The highest BCUT2D eigenvalue weighted by atomic mass is 16.6. The highest BCUT2D eigenvalue weighted by Gasteiger charge is 2.61. The van der Waals surface area contributed by atoms with Crippen LogP contribution in [0.5, 0.6) is 0 Å². The third-order valence-corrected chi connectivity index (χ3v) is 4.38. The molecule has 0 heterocycles. The number of hydrogen-bond donors (Lipinski definition) is 0. The Kier molecular flexibility index (Phi) is 3.88. The zero-order chi connectivity index (χ0) is 16.1. The van der Waals surface area contributed by atoms with Crippen LogP contribution in [0.25, 0.3) is 0 Å². The first-order chi connectivity index (χ1) is 9.43. The van der Waals surface area contributed by atoms with Crippen LogP contribution in [-0.2, 0) is 19.1 Å². The highest BCUT2D eigenvalue weighted by molar-refractivity contribution is 5.87. The van der Waals surface area contributed by atoms with Gasteiger partial charge in [-0.15, -0.1) is 0 Å². The minimum atomic E-state index is -0.653. The largest absolute Gasteiger partial charge is 0.460 e. The number of carbonyl (C=O) groups is 2. The third-order valence-electron chi connectivity index (χ3n) is 4.38. The molecule has 0 aromatic carbocycles. The number of hydrogen-bond acceptors (Lipinski definition) is 4. The van der Waals surface area contributed by atoms with Crippen molar-refractivity contribution in [2.24, 2.45) is 17.3 Å². The molecule has 0 amide bonds. The van der Waals surface area contributed by atoms with E-state index in [4.69, 9.17) is 9.47 Å². The smallest absolute Gasteiger partial charge is 0.313 e. The van der Waals surface area contributed by atoms with Crippen molar-refractivity contribution in [1.82, 2.24) is 0 Å². The average Bonchev–Trinajstić information content (AvgIpc) is 2.82. The predicted octanol–water partition coefficient (Wildman–Crippen LogP) is 3.48. The Morgan fingerprint density at radius 3 is 2.05 bits per heavy atom. The van der Waals surface area contributed by atoms with Crippen molar-refractivity contribution in [2.75, 3.05) is 0 Å². The Hall–Kier alpha value is -1.06. The third kappa shape index (κ3) is 3.41. The minimum absolute atomic E-state index is 0.217. The fourth-order valence-electron chi connectivity index (χ4n) is 3.66. The summed E-state index contributed by atoms with van der Waals surface area (Å²) in [7, 11) is 0. The van der Waals surface area contributed by atoms with E-state index >= 15 is 0 Å². The van der Waals surface area contributed by atoms with Crippen molar-refractivity contribution in [2.45, 2.75) is 78.4 Å². The van der Waals surface area contributed by atoms with E-state index in [9.17, 15) is 9.59 Å². The second-order valence-corrected chi connectivity index (χ2v) is 8.59. The molecule has 0 saturated heterocycles. The van der Waals surface area contributed by atoms with Gasteiger partial charge in [0.2, 0.25) is 0 Å². The van der Waals surface area contributed by atoms with Gasteiger partial charge in [-0.1, -0.05) is 0 Å². The summed E-state index contributed by atoms with van der Waals surface area (Å²) < 4.78 is 11.1. The van der Waals surface area contributed by atoms with Crippen LogP contribution in [-0.4, -0.2) is 23.1 Å². The van der Waals surface area contributed by atoms with Gasteiger partial charge >= 0.3 is 11.9 Å². The van der Waals surface area contributed by atoms with Gasteiger partial charge in [0.15, 0.2) is 0 Å². The molecule has 0 radical (unpaired) electrons. The normalized spacial score (nSPS) is 32.1. The molecule has 3 atom stereocenters. The first-order valence-corrected chi connectivity index (χ1v) is 7.89. The molecule has 0 spiro atoms. The Bertz CT molecular complexity index is 441. The molecule has 0 aromatic heterocycles. The van der Waals surface area contributed by atoms with E-state index in [0.717, 1.165) is 25.7 Å². The average molecular weight is 296 g/mol. The van der Waals surface area contributed by atoms with Gasteiger partial charge in [-0.25, -0.2) is 0 Å². The molecular formula is C17H28O4. The van der Waals surface area contributed by atoms with Gasteiger partial charge in [-0.2, -0.15) is 0 Å². The van der Waals surface area contributed by atoms with E-state index in [2.05, 4.69) is 0 Å². The molecule has 2 fully saturated rings. The molecule has 2 aliphatic rings. The quantitative estimate of drug-likeness (QED) is 0.732. The van der Waals surface area contributed by atoms with Crippen molar-refractivity contribution in [3.05, 3.63) is 0 Å². The number of fused-ring (bicyclic) bond motifs is 2. The van der Waals surface area contributed by atoms with E-state index in [1.807, 2.05) is 41.5 Å². The number of carbonyl (C=O) groups excluding carboxylic acids is 2. The molecule has 21 heavy (non-hydrogen) atoms. The first-order valence-electron chi connectivity index (χ1n) is 7.89. The molecule has 4 nitrogen and oxygen atoms in total. The fourth-order valence-corrected chi connectivity index (χ4v) is 3.66. The monoisotopic (exact) mass is 296 g/mol. The lowest BCUT2D eigenvalue weighted by Gasteiger charge is -2.35. The molecule has 0 N–H and O–H groups in total. The minimum Gasteiger partial charge on any atom is -0.460 e. The van der Waals surface area contributed by atoms with Crippen molar-refractivity contribution >= 4 is 11.9 Å². The summed E-state index contributed by atoms with van der Waals surface area (Å²) in [4.78, 5) is 25.2. The van der Waals surface area contributed by atoms with E-state index in [-0.39, 0.29) is 17.9 Å². The summed E-state index contributed by atoms with van der Waals surface area (Å²) >= 11 is 0. The van der Waals surface area contributed by atoms with Gasteiger partial charge in [0.1, 0.15) is 11.2 Å². The lowest BCUT2D eigenvalue weighted by Crippen LogP contribution is -2.44. The van der Waals surface area contributed by atoms with E-state index in [1.54, 1.807) is 0 Å². The van der Waals surface area contributed by atoms with Crippen LogP contribution in [0.4, 0.5) is 0 Å². The second-order valence-electron chi connectivity index (χ2n) is 8.59. The first kappa shape index (κ1) is 16.3. The van der Waals surface area contributed by atoms with Crippen LogP contribution < -0.4 is 0 Å². The standard InChI is InChI=1S/C17H28O4/c1-15(2,3)20-13(18)12-9-11-7-8-17(12,10-11)14(19)21-16(4,5)6/h11-12H,7-10H2,1-6H3. The van der Waals surface area contributed by atoms with Gasteiger partial charge in [0.25, 0.3) is 0 Å². The molecule has 4 heteroatoms. The molecule has 3 unspecified atom stereocenters. The van der Waals surface area contributed by atoms with Crippen molar-refractivity contribution in [1.29, 1.82) is 0 Å². The van der Waals surface area contributed by atoms with Gasteiger partial charge < -0.3 is 9.47 Å². The summed E-state index contributed by atoms with van der Waals surface area (Å²) in [5.74, 6) is -0.346. The Balaban J connectivity index is 2.19. The maximum atomic E-state index is 12.7. The zero-order valence-electron chi connectivity index (χ0n) is 14.1. The number of esters is 2. The van der Waals surface area contributed by atoms with Crippen molar-refractivity contribution in [3.8, 4) is 0 Å². The van der Waals surface area contributed by atoms with Crippen LogP contribution in [0.1, 0.15) is 67.2 Å². The summed E-state index contributed by atoms with van der Waals surface area (Å²) in [5, 5.41) is 0. The summed E-state index contributed by atoms with van der Waals surface area (Å²) in [5.41, 5.74) is -1.70. The number of rotatable bonds is 2. The second kappa shape index (κ2) is 4.99. The van der Waals surface area contributed by atoms with Gasteiger partial charge in [-0.05, 0) is 73.1 Å². The Morgan fingerprint density at radius 1 is 1.00 bits per heavy atom. The van der Waals surface area contributed by atoms with E-state index in [1.165, 1.54) is 0 Å². The summed E-state index contributed by atoms with van der Waals surface area (Å²) in [6.45, 7) is 11.2. The predicted molar refractivity (Wildman–Crippen MR) is 79.6 cm³/mol. The Morgan fingerprint density at radius 2 is 1.57 bits per heavy atom. The molecule has 0 aromatic rings. The van der Waals surface area contributed by atoms with Crippen LogP contribution in [0, 0.1) is 17.3 Å². The molecule has 2 bridgehead atoms. The topological polar surface area (TPSA) is 52.6 Å². The zero-order valence-corrected chi connectivity index (χ0v) is 14.1. The van der Waals surface area contributed by atoms with E-state index < -0.39 is 16.6 Å². The lowest BCUT2D eigenvalue weighted by molar-refractivity contribution is -0.180. The van der Waals surface area contributed by atoms with Crippen molar-refractivity contribution < 1.29 is 19.1 Å². The van der Waals surface area contributed by atoms with Crippen molar-refractivity contribution in [3.63, 3.8) is 0 Å². The molecule has 120 valence electrons. The maximum absolute atomic E-state index is 12.7. The van der Waals surface area contributed by atoms with Crippen LogP contribution in [0.2, 0.25) is 0 Å². The molecule has 2 aliphatic carbocycles. The summed E-state index contributed by atoms with van der Waals surface area (Å²) in [6.07, 6.45) is 3.29. The van der Waals surface area contributed by atoms with Crippen LogP contribution in [0.3, 0.4) is 0 Å². The summed E-state index contributed by atoms with van der Waals surface area (Å²) in [6, 6.07) is 0. The van der Waals surface area contributed by atoms with Crippen LogP contribution in [0.15, 0.2) is 0 Å². The van der Waals surface area contributed by atoms with Gasteiger partial charge in [-0.3, -0.25) is 9.59 Å². The molecular weight excluding hydrogens is 268 g/mol. The SMILES string of the molecule is CC(C)(C)OC(=O)C1CC2CCC1(C(=O)OC(C)(C)C)C2. The van der Waals surface area contributed by atoms with Gasteiger partial charge in [0, 0.05) is 0 Å². The number of ether oxygens (including phenoxy) is 2.